The van der Waals surface area contributed by atoms with E-state index in [1.807, 2.05) is 22.8 Å². The molecule has 25 heavy (non-hydrogen) atoms. The Balaban J connectivity index is 1.47. The molecule has 0 N–H and O–H groups in total. The fraction of sp³-hybridized carbons (Fsp3) is 0.176. The minimum atomic E-state index is 0.139. The Hall–Kier alpha value is -2.87. The van der Waals surface area contributed by atoms with E-state index in [-0.39, 0.29) is 6.04 Å². The van der Waals surface area contributed by atoms with Crippen molar-refractivity contribution in [2.45, 2.75) is 23.9 Å². The fourth-order valence-electron chi connectivity index (χ4n) is 2.44. The molecule has 8 heteroatoms. The third-order valence-corrected chi connectivity index (χ3v) is 4.72. The Morgan fingerprint density at radius 3 is 2.84 bits per heavy atom. The molecule has 1 atom stereocenters. The Morgan fingerprint density at radius 1 is 1.16 bits per heavy atom. The van der Waals surface area contributed by atoms with Gasteiger partial charge in [-0.1, -0.05) is 47.3 Å². The predicted octanol–water partition coefficient (Wildman–Crippen LogP) is 3.82. The highest BCUT2D eigenvalue weighted by Crippen LogP contribution is 2.26. The second kappa shape index (κ2) is 6.94. The SMILES string of the molecule is C[C@H](c1ccccc1)n1cnnc1SCc1nc(-c2ccco2)no1. The van der Waals surface area contributed by atoms with Gasteiger partial charge < -0.3 is 13.5 Å². The van der Waals surface area contributed by atoms with Crippen molar-refractivity contribution in [1.82, 2.24) is 24.9 Å². The molecule has 0 unspecified atom stereocenters. The van der Waals surface area contributed by atoms with Crippen molar-refractivity contribution in [3.05, 3.63) is 66.5 Å². The summed E-state index contributed by atoms with van der Waals surface area (Å²) >= 11 is 1.50. The minimum absolute atomic E-state index is 0.139. The average Bonchev–Trinajstić information content (AvgIpc) is 3.40. The number of aromatic nitrogens is 5. The number of rotatable bonds is 6. The molecule has 0 spiro atoms. The van der Waals surface area contributed by atoms with Crippen LogP contribution in [0.4, 0.5) is 0 Å². The molecule has 0 fully saturated rings. The summed E-state index contributed by atoms with van der Waals surface area (Å²) in [6, 6.07) is 14.0. The van der Waals surface area contributed by atoms with E-state index in [9.17, 15) is 0 Å². The van der Waals surface area contributed by atoms with Crippen molar-refractivity contribution in [2.75, 3.05) is 0 Å². The van der Waals surface area contributed by atoms with Crippen molar-refractivity contribution in [3.8, 4) is 11.6 Å². The van der Waals surface area contributed by atoms with Crippen LogP contribution in [0.2, 0.25) is 0 Å². The number of hydrogen-bond acceptors (Lipinski definition) is 7. The Morgan fingerprint density at radius 2 is 2.04 bits per heavy atom. The highest BCUT2D eigenvalue weighted by molar-refractivity contribution is 7.98. The van der Waals surface area contributed by atoms with Gasteiger partial charge >= 0.3 is 0 Å². The lowest BCUT2D eigenvalue weighted by atomic mass is 10.1. The van der Waals surface area contributed by atoms with Gasteiger partial charge in [0.25, 0.3) is 0 Å². The standard InChI is InChI=1S/C17H15N5O2S/c1-12(13-6-3-2-4-7-13)22-11-18-20-17(22)25-10-15-19-16(21-24-15)14-8-5-9-23-14/h2-9,11-12H,10H2,1H3/t12-/m1/s1. The molecule has 3 aromatic heterocycles. The van der Waals surface area contributed by atoms with Gasteiger partial charge in [0.05, 0.1) is 18.1 Å². The highest BCUT2D eigenvalue weighted by atomic mass is 32.2. The maximum atomic E-state index is 5.27. The van der Waals surface area contributed by atoms with Gasteiger partial charge in [-0.25, -0.2) is 0 Å². The largest absolute Gasteiger partial charge is 0.461 e. The predicted molar refractivity (Wildman–Crippen MR) is 91.8 cm³/mol. The first-order valence-corrected chi connectivity index (χ1v) is 8.73. The molecule has 0 saturated carbocycles. The molecule has 3 heterocycles. The number of furan rings is 1. The molecule has 126 valence electrons. The second-order valence-corrected chi connectivity index (χ2v) is 6.33. The molecule has 0 aliphatic rings. The molecule has 0 aliphatic heterocycles. The monoisotopic (exact) mass is 353 g/mol. The molecule has 7 nitrogen and oxygen atoms in total. The summed E-state index contributed by atoms with van der Waals surface area (Å²) in [5.74, 6) is 2.05. The lowest BCUT2D eigenvalue weighted by Gasteiger charge is -2.15. The quantitative estimate of drug-likeness (QED) is 0.487. The van der Waals surface area contributed by atoms with E-state index in [4.69, 9.17) is 8.94 Å². The molecule has 0 radical (unpaired) electrons. The molecular formula is C17H15N5O2S. The third-order valence-electron chi connectivity index (χ3n) is 3.77. The van der Waals surface area contributed by atoms with Crippen LogP contribution in [-0.4, -0.2) is 24.9 Å². The zero-order chi connectivity index (χ0) is 17.1. The van der Waals surface area contributed by atoms with Crippen LogP contribution < -0.4 is 0 Å². The van der Waals surface area contributed by atoms with E-state index < -0.39 is 0 Å². The molecule has 0 amide bonds. The molecule has 4 rings (SSSR count). The molecular weight excluding hydrogens is 338 g/mol. The van der Waals surface area contributed by atoms with E-state index in [0.29, 0.717) is 23.2 Å². The number of benzene rings is 1. The first-order chi connectivity index (χ1) is 12.3. The topological polar surface area (TPSA) is 82.8 Å². The smallest absolute Gasteiger partial charge is 0.238 e. The third kappa shape index (κ3) is 3.34. The van der Waals surface area contributed by atoms with Crippen LogP contribution in [0.25, 0.3) is 11.6 Å². The van der Waals surface area contributed by atoms with Gasteiger partial charge in [0.1, 0.15) is 6.33 Å². The zero-order valence-electron chi connectivity index (χ0n) is 13.4. The summed E-state index contributed by atoms with van der Waals surface area (Å²) in [4.78, 5) is 4.34. The summed E-state index contributed by atoms with van der Waals surface area (Å²) in [5, 5.41) is 13.0. The summed E-state index contributed by atoms with van der Waals surface area (Å²) in [6.07, 6.45) is 3.32. The van der Waals surface area contributed by atoms with Crippen LogP contribution >= 0.6 is 11.8 Å². The van der Waals surface area contributed by atoms with Crippen LogP contribution in [0.3, 0.4) is 0 Å². The molecule has 4 aromatic rings. The Kier molecular flexibility index (Phi) is 4.34. The van der Waals surface area contributed by atoms with E-state index in [1.54, 1.807) is 24.7 Å². The maximum absolute atomic E-state index is 5.27. The van der Waals surface area contributed by atoms with Crippen molar-refractivity contribution in [2.24, 2.45) is 0 Å². The highest BCUT2D eigenvalue weighted by Gasteiger charge is 2.16. The van der Waals surface area contributed by atoms with Gasteiger partial charge in [-0.2, -0.15) is 4.98 Å². The lowest BCUT2D eigenvalue weighted by molar-refractivity contribution is 0.390. The summed E-state index contributed by atoms with van der Waals surface area (Å²) < 4.78 is 12.6. The van der Waals surface area contributed by atoms with Crippen molar-refractivity contribution in [1.29, 1.82) is 0 Å². The number of hydrogen-bond donors (Lipinski definition) is 0. The maximum Gasteiger partial charge on any atom is 0.238 e. The van der Waals surface area contributed by atoms with Crippen molar-refractivity contribution in [3.63, 3.8) is 0 Å². The first kappa shape index (κ1) is 15.6. The van der Waals surface area contributed by atoms with Gasteiger partial charge in [-0.3, -0.25) is 0 Å². The van der Waals surface area contributed by atoms with Crippen molar-refractivity contribution >= 4 is 11.8 Å². The van der Waals surface area contributed by atoms with Crippen LogP contribution in [-0.2, 0) is 5.75 Å². The molecule has 1 aromatic carbocycles. The van der Waals surface area contributed by atoms with Gasteiger partial charge in [0, 0.05) is 0 Å². The Bertz CT molecular complexity index is 933. The summed E-state index contributed by atoms with van der Waals surface area (Å²) in [7, 11) is 0. The van der Waals surface area contributed by atoms with E-state index in [0.717, 1.165) is 5.16 Å². The van der Waals surface area contributed by atoms with Gasteiger partial charge in [-0.15, -0.1) is 10.2 Å². The zero-order valence-corrected chi connectivity index (χ0v) is 14.3. The first-order valence-electron chi connectivity index (χ1n) is 7.75. The van der Waals surface area contributed by atoms with Crippen molar-refractivity contribution < 1.29 is 8.94 Å². The molecule has 0 aliphatic carbocycles. The minimum Gasteiger partial charge on any atom is -0.461 e. The molecule has 0 bridgehead atoms. The number of nitrogens with zero attached hydrogens (tertiary/aromatic N) is 5. The van der Waals surface area contributed by atoms with Gasteiger partial charge in [0.15, 0.2) is 10.9 Å². The van der Waals surface area contributed by atoms with Gasteiger partial charge in [0.2, 0.25) is 11.7 Å². The van der Waals surface area contributed by atoms with Gasteiger partial charge in [-0.05, 0) is 24.6 Å². The Labute approximate surface area is 148 Å². The normalized spacial score (nSPS) is 12.4. The van der Waals surface area contributed by atoms with E-state index in [2.05, 4.69) is 39.4 Å². The van der Waals surface area contributed by atoms with Crippen LogP contribution in [0.1, 0.15) is 24.4 Å². The summed E-state index contributed by atoms with van der Waals surface area (Å²) in [6.45, 7) is 2.12. The van der Waals surface area contributed by atoms with Crippen LogP contribution in [0.5, 0.6) is 0 Å². The second-order valence-electron chi connectivity index (χ2n) is 5.39. The van der Waals surface area contributed by atoms with Crippen LogP contribution in [0.15, 0.2) is 69.2 Å². The number of thioether (sulfide) groups is 1. The van der Waals surface area contributed by atoms with E-state index >= 15 is 0 Å². The van der Waals surface area contributed by atoms with Crippen LogP contribution in [0, 0.1) is 0 Å². The summed E-state index contributed by atoms with van der Waals surface area (Å²) in [5.41, 5.74) is 1.20. The lowest BCUT2D eigenvalue weighted by Crippen LogP contribution is -2.07. The average molecular weight is 353 g/mol. The fourth-order valence-corrected chi connectivity index (χ4v) is 3.27. The molecule has 0 saturated heterocycles. The van der Waals surface area contributed by atoms with E-state index in [1.165, 1.54) is 17.3 Å².